The van der Waals surface area contributed by atoms with Crippen LogP contribution in [-0.4, -0.2) is 35.0 Å². The fourth-order valence-corrected chi connectivity index (χ4v) is 3.17. The van der Waals surface area contributed by atoms with E-state index in [1.54, 1.807) is 0 Å². The summed E-state index contributed by atoms with van der Waals surface area (Å²) in [6.45, 7) is 3.75. The van der Waals surface area contributed by atoms with E-state index in [9.17, 15) is 14.4 Å². The average Bonchev–Trinajstić information content (AvgIpc) is 3.02. The van der Waals surface area contributed by atoms with Gasteiger partial charge in [0.05, 0.1) is 12.3 Å². The molecule has 1 saturated carbocycles. The minimum Gasteiger partial charge on any atom is -0.481 e. The number of hydrogen-bond donors (Lipinski definition) is 3. The molecule has 0 spiro atoms. The Morgan fingerprint density at radius 2 is 1.84 bits per heavy atom. The molecule has 0 saturated heterocycles. The first kappa shape index (κ1) is 19.0. The van der Waals surface area contributed by atoms with Gasteiger partial charge in [0.2, 0.25) is 11.8 Å². The SMILES string of the molecule is CC(C)C(NC(=O)Cc1ccccc1)C(=O)N[C@@H]1CC[C@H](C(=O)O)C1. The number of benzene rings is 1. The summed E-state index contributed by atoms with van der Waals surface area (Å²) in [6.07, 6.45) is 1.91. The number of carboxylic acids is 1. The smallest absolute Gasteiger partial charge is 0.306 e. The van der Waals surface area contributed by atoms with Crippen LogP contribution in [0.1, 0.15) is 38.7 Å². The summed E-state index contributed by atoms with van der Waals surface area (Å²) in [4.78, 5) is 35.8. The van der Waals surface area contributed by atoms with E-state index >= 15 is 0 Å². The maximum Gasteiger partial charge on any atom is 0.306 e. The normalized spacial score (nSPS) is 20.9. The molecule has 6 heteroatoms. The van der Waals surface area contributed by atoms with Gasteiger partial charge in [-0.05, 0) is 30.7 Å². The second-order valence-electron chi connectivity index (χ2n) is 7.01. The minimum atomic E-state index is -0.812. The van der Waals surface area contributed by atoms with Gasteiger partial charge in [-0.1, -0.05) is 44.2 Å². The van der Waals surface area contributed by atoms with E-state index in [1.165, 1.54) is 0 Å². The maximum absolute atomic E-state index is 12.5. The Morgan fingerprint density at radius 3 is 2.40 bits per heavy atom. The minimum absolute atomic E-state index is 0.0589. The van der Waals surface area contributed by atoms with Crippen LogP contribution in [0, 0.1) is 11.8 Å². The van der Waals surface area contributed by atoms with E-state index in [0.717, 1.165) is 5.56 Å². The molecule has 6 nitrogen and oxygen atoms in total. The summed E-state index contributed by atoms with van der Waals surface area (Å²) in [5.74, 6) is -1.71. The highest BCUT2D eigenvalue weighted by Crippen LogP contribution is 2.25. The average molecular weight is 346 g/mol. The van der Waals surface area contributed by atoms with Crippen molar-refractivity contribution in [2.45, 2.75) is 51.6 Å². The van der Waals surface area contributed by atoms with Gasteiger partial charge in [0.15, 0.2) is 0 Å². The van der Waals surface area contributed by atoms with Crippen LogP contribution in [0.2, 0.25) is 0 Å². The third-order valence-electron chi connectivity index (χ3n) is 4.60. The van der Waals surface area contributed by atoms with E-state index in [1.807, 2.05) is 44.2 Å². The van der Waals surface area contributed by atoms with Gasteiger partial charge in [0.25, 0.3) is 0 Å². The van der Waals surface area contributed by atoms with Gasteiger partial charge in [0, 0.05) is 6.04 Å². The molecule has 0 aliphatic heterocycles. The molecular formula is C19H26N2O4. The second-order valence-corrected chi connectivity index (χ2v) is 7.01. The lowest BCUT2D eigenvalue weighted by Crippen LogP contribution is -2.52. The summed E-state index contributed by atoms with van der Waals surface area (Å²) in [6, 6.07) is 8.60. The molecule has 0 bridgehead atoms. The number of carbonyl (C=O) groups is 3. The van der Waals surface area contributed by atoms with Crippen molar-refractivity contribution >= 4 is 17.8 Å². The number of amides is 2. The lowest BCUT2D eigenvalue weighted by atomic mass is 10.0. The fraction of sp³-hybridized carbons (Fsp3) is 0.526. The standard InChI is InChI=1S/C19H26N2O4/c1-12(2)17(21-16(22)10-13-6-4-3-5-7-13)18(23)20-15-9-8-14(11-15)19(24)25/h3-7,12,14-15,17H,8-11H2,1-2H3,(H,20,23)(H,21,22)(H,24,25)/t14-,15+,17?/m0/s1. The molecule has 1 aromatic carbocycles. The van der Waals surface area contributed by atoms with E-state index < -0.39 is 17.9 Å². The van der Waals surface area contributed by atoms with Crippen LogP contribution in [0.15, 0.2) is 30.3 Å². The van der Waals surface area contributed by atoms with Crippen molar-refractivity contribution in [2.24, 2.45) is 11.8 Å². The van der Waals surface area contributed by atoms with E-state index in [-0.39, 0.29) is 30.2 Å². The number of aliphatic carboxylic acids is 1. The Hall–Kier alpha value is -2.37. The monoisotopic (exact) mass is 346 g/mol. The number of carbonyl (C=O) groups excluding carboxylic acids is 2. The van der Waals surface area contributed by atoms with Crippen molar-refractivity contribution in [1.82, 2.24) is 10.6 Å². The molecular weight excluding hydrogens is 320 g/mol. The zero-order valence-electron chi connectivity index (χ0n) is 14.7. The lowest BCUT2D eigenvalue weighted by molar-refractivity contribution is -0.141. The van der Waals surface area contributed by atoms with Crippen LogP contribution in [0.4, 0.5) is 0 Å². The highest BCUT2D eigenvalue weighted by atomic mass is 16.4. The molecule has 0 radical (unpaired) electrons. The predicted octanol–water partition coefficient (Wildman–Crippen LogP) is 1.74. The van der Waals surface area contributed by atoms with Crippen LogP contribution in [0.5, 0.6) is 0 Å². The highest BCUT2D eigenvalue weighted by molar-refractivity contribution is 5.88. The quantitative estimate of drug-likeness (QED) is 0.701. The fourth-order valence-electron chi connectivity index (χ4n) is 3.17. The van der Waals surface area contributed by atoms with Gasteiger partial charge in [-0.25, -0.2) is 0 Å². The molecule has 1 aromatic rings. The van der Waals surface area contributed by atoms with Gasteiger partial charge >= 0.3 is 5.97 Å². The molecule has 2 amide bonds. The zero-order valence-corrected chi connectivity index (χ0v) is 14.7. The molecule has 3 N–H and O–H groups in total. The Labute approximate surface area is 148 Å². The van der Waals surface area contributed by atoms with Crippen molar-refractivity contribution in [3.8, 4) is 0 Å². The number of carboxylic acid groups (broad SMARTS) is 1. The summed E-state index contributed by atoms with van der Waals surface area (Å²) in [7, 11) is 0. The van der Waals surface area contributed by atoms with E-state index in [0.29, 0.717) is 19.3 Å². The van der Waals surface area contributed by atoms with Crippen LogP contribution >= 0.6 is 0 Å². The summed E-state index contributed by atoms with van der Waals surface area (Å²) < 4.78 is 0. The van der Waals surface area contributed by atoms with Gasteiger partial charge in [0.1, 0.15) is 6.04 Å². The first-order chi connectivity index (χ1) is 11.9. The Balaban J connectivity index is 1.90. The van der Waals surface area contributed by atoms with Crippen molar-refractivity contribution in [2.75, 3.05) is 0 Å². The number of rotatable bonds is 7. The van der Waals surface area contributed by atoms with Crippen LogP contribution in [0.3, 0.4) is 0 Å². The van der Waals surface area contributed by atoms with Crippen LogP contribution in [0.25, 0.3) is 0 Å². The Bertz CT molecular complexity index is 615. The zero-order chi connectivity index (χ0) is 18.4. The molecule has 25 heavy (non-hydrogen) atoms. The summed E-state index contributed by atoms with van der Waals surface area (Å²) in [5, 5.41) is 14.8. The molecule has 3 atom stereocenters. The van der Waals surface area contributed by atoms with Gasteiger partial charge < -0.3 is 15.7 Å². The number of hydrogen-bond acceptors (Lipinski definition) is 3. The largest absolute Gasteiger partial charge is 0.481 e. The van der Waals surface area contributed by atoms with E-state index in [2.05, 4.69) is 10.6 Å². The number of nitrogens with one attached hydrogen (secondary N) is 2. The van der Waals surface area contributed by atoms with Crippen LogP contribution < -0.4 is 10.6 Å². The first-order valence-corrected chi connectivity index (χ1v) is 8.73. The van der Waals surface area contributed by atoms with E-state index in [4.69, 9.17) is 5.11 Å². The maximum atomic E-state index is 12.5. The molecule has 1 aliphatic rings. The molecule has 2 rings (SSSR count). The second kappa shape index (κ2) is 8.65. The third-order valence-corrected chi connectivity index (χ3v) is 4.60. The van der Waals surface area contributed by atoms with Gasteiger partial charge in [-0.2, -0.15) is 0 Å². The van der Waals surface area contributed by atoms with Gasteiger partial charge in [-0.15, -0.1) is 0 Å². The van der Waals surface area contributed by atoms with Gasteiger partial charge in [-0.3, -0.25) is 14.4 Å². The van der Waals surface area contributed by atoms with Crippen molar-refractivity contribution in [1.29, 1.82) is 0 Å². The molecule has 0 aromatic heterocycles. The van der Waals surface area contributed by atoms with Crippen LogP contribution in [-0.2, 0) is 20.8 Å². The Morgan fingerprint density at radius 1 is 1.16 bits per heavy atom. The molecule has 0 heterocycles. The lowest BCUT2D eigenvalue weighted by Gasteiger charge is -2.24. The summed E-state index contributed by atoms with van der Waals surface area (Å²) >= 11 is 0. The van der Waals surface area contributed by atoms with Crippen molar-refractivity contribution in [3.05, 3.63) is 35.9 Å². The molecule has 1 unspecified atom stereocenters. The molecule has 1 aliphatic carbocycles. The highest BCUT2D eigenvalue weighted by Gasteiger charge is 2.33. The Kier molecular flexibility index (Phi) is 6.56. The third kappa shape index (κ3) is 5.59. The summed E-state index contributed by atoms with van der Waals surface area (Å²) in [5.41, 5.74) is 0.892. The van der Waals surface area contributed by atoms with Crippen molar-refractivity contribution in [3.63, 3.8) is 0 Å². The topological polar surface area (TPSA) is 95.5 Å². The molecule has 136 valence electrons. The first-order valence-electron chi connectivity index (χ1n) is 8.73. The predicted molar refractivity (Wildman–Crippen MR) is 93.8 cm³/mol. The molecule has 1 fully saturated rings. The van der Waals surface area contributed by atoms with Crippen molar-refractivity contribution < 1.29 is 19.5 Å².